The summed E-state index contributed by atoms with van der Waals surface area (Å²) in [4.78, 5) is 26.9. The van der Waals surface area contributed by atoms with Crippen LogP contribution in [-0.2, 0) is 14.3 Å². The van der Waals surface area contributed by atoms with Crippen molar-refractivity contribution >= 4 is 27.7 Å². The minimum Gasteiger partial charge on any atom is -0.503 e. The second-order valence-electron chi connectivity index (χ2n) is 8.85. The van der Waals surface area contributed by atoms with E-state index in [1.54, 1.807) is 12.1 Å². The minimum absolute atomic E-state index is 0.00643. The van der Waals surface area contributed by atoms with Gasteiger partial charge in [-0.15, -0.1) is 0 Å². The summed E-state index contributed by atoms with van der Waals surface area (Å²) < 4.78 is 11.6. The van der Waals surface area contributed by atoms with Gasteiger partial charge >= 0.3 is 5.97 Å². The van der Waals surface area contributed by atoms with Crippen LogP contribution < -0.4 is 10.1 Å². The Morgan fingerprint density at radius 3 is 2.57 bits per heavy atom. The molecule has 0 aromatic heterocycles. The Kier molecular flexibility index (Phi) is 7.65. The summed E-state index contributed by atoms with van der Waals surface area (Å²) in [5.41, 5.74) is 4.27. The zero-order valence-corrected chi connectivity index (χ0v) is 21.8. The molecule has 2 N–H and O–H groups in total. The second kappa shape index (κ2) is 10.7. The molecule has 6 nitrogen and oxygen atoms in total. The van der Waals surface area contributed by atoms with Gasteiger partial charge in [0.25, 0.3) is 0 Å². The molecule has 2 atom stereocenters. The van der Waals surface area contributed by atoms with Crippen LogP contribution in [-0.4, -0.2) is 30.1 Å². The first-order chi connectivity index (χ1) is 16.8. The van der Waals surface area contributed by atoms with Gasteiger partial charge in [-0.25, -0.2) is 4.79 Å². The number of hydrogen-bond acceptors (Lipinski definition) is 6. The molecule has 0 fully saturated rings. The predicted molar refractivity (Wildman–Crippen MR) is 137 cm³/mol. The van der Waals surface area contributed by atoms with Crippen LogP contribution in [0.4, 0.5) is 0 Å². The lowest BCUT2D eigenvalue weighted by Crippen LogP contribution is -2.36. The highest BCUT2D eigenvalue weighted by atomic mass is 79.9. The van der Waals surface area contributed by atoms with Crippen molar-refractivity contribution < 1.29 is 24.2 Å². The minimum atomic E-state index is -0.629. The van der Waals surface area contributed by atoms with Gasteiger partial charge < -0.3 is 19.9 Å². The average Bonchev–Trinajstić information content (AvgIpc) is 2.84. The molecule has 35 heavy (non-hydrogen) atoms. The first-order valence-electron chi connectivity index (χ1n) is 12.0. The van der Waals surface area contributed by atoms with E-state index < -0.39 is 11.9 Å². The third-order valence-corrected chi connectivity index (χ3v) is 7.04. The fourth-order valence-corrected chi connectivity index (χ4v) is 5.36. The number of phenolic OH excluding ortho intramolecular Hbond substituents is 1. The molecule has 2 aromatic rings. The van der Waals surface area contributed by atoms with Gasteiger partial charge in [-0.05, 0) is 71.8 Å². The molecule has 0 saturated carbocycles. The fraction of sp³-hybridized carbons (Fsp3) is 0.357. The van der Waals surface area contributed by atoms with E-state index in [-0.39, 0.29) is 17.5 Å². The molecule has 184 valence electrons. The number of aromatic hydroxyl groups is 1. The Morgan fingerprint density at radius 2 is 1.89 bits per heavy atom. The van der Waals surface area contributed by atoms with Crippen molar-refractivity contribution in [1.29, 1.82) is 0 Å². The number of rotatable bonds is 7. The van der Waals surface area contributed by atoms with Crippen LogP contribution in [0.2, 0.25) is 0 Å². The van der Waals surface area contributed by atoms with Crippen LogP contribution in [0.3, 0.4) is 0 Å². The van der Waals surface area contributed by atoms with Crippen molar-refractivity contribution in [2.75, 3.05) is 13.2 Å². The number of nitrogens with one attached hydrogen (secondary N) is 1. The number of Topliss-reactive ketones (excluding diaryl/α,β-unsaturated/α-hetero) is 1. The number of ether oxygens (including phenoxy) is 2. The Morgan fingerprint density at radius 1 is 1.14 bits per heavy atom. The van der Waals surface area contributed by atoms with E-state index in [2.05, 4.69) is 21.2 Å². The molecule has 0 radical (unpaired) electrons. The number of carbonyl (C=O) groups excluding carboxylic acids is 2. The second-order valence-corrected chi connectivity index (χ2v) is 9.70. The maximum Gasteiger partial charge on any atom is 0.336 e. The zero-order chi connectivity index (χ0) is 25.1. The third kappa shape index (κ3) is 5.01. The lowest BCUT2D eigenvalue weighted by Gasteiger charge is -2.37. The number of allylic oxidation sites excluding steroid dienone is 3. The summed E-state index contributed by atoms with van der Waals surface area (Å²) in [6.07, 6.45) is 1.71. The Hall–Kier alpha value is -3.06. The van der Waals surface area contributed by atoms with Crippen molar-refractivity contribution in [2.45, 2.75) is 51.9 Å². The molecule has 0 saturated heterocycles. The van der Waals surface area contributed by atoms with Crippen molar-refractivity contribution in [2.24, 2.45) is 0 Å². The van der Waals surface area contributed by atoms with Gasteiger partial charge in [-0.1, -0.05) is 37.3 Å². The van der Waals surface area contributed by atoms with E-state index in [1.807, 2.05) is 51.1 Å². The number of hydrogen-bond donors (Lipinski definition) is 2. The van der Waals surface area contributed by atoms with Gasteiger partial charge in [0.05, 0.1) is 23.3 Å². The quantitative estimate of drug-likeness (QED) is 0.428. The number of halogens is 1. The first-order valence-corrected chi connectivity index (χ1v) is 12.8. The summed E-state index contributed by atoms with van der Waals surface area (Å²) >= 11 is 3.41. The van der Waals surface area contributed by atoms with Crippen LogP contribution in [0.5, 0.6) is 11.5 Å². The Balaban J connectivity index is 1.84. The van der Waals surface area contributed by atoms with E-state index in [0.717, 1.165) is 11.3 Å². The van der Waals surface area contributed by atoms with Gasteiger partial charge in [0.1, 0.15) is 0 Å². The molecule has 1 aliphatic heterocycles. The van der Waals surface area contributed by atoms with E-state index in [9.17, 15) is 14.7 Å². The number of ketones is 1. The molecule has 0 unspecified atom stereocenters. The van der Waals surface area contributed by atoms with Gasteiger partial charge in [-0.3, -0.25) is 4.79 Å². The molecule has 0 spiro atoms. The smallest absolute Gasteiger partial charge is 0.336 e. The summed E-state index contributed by atoms with van der Waals surface area (Å²) in [5.74, 6) is -0.754. The lowest BCUT2D eigenvalue weighted by atomic mass is 9.71. The molecule has 4 rings (SSSR count). The average molecular weight is 540 g/mol. The number of esters is 1. The van der Waals surface area contributed by atoms with E-state index in [1.165, 1.54) is 0 Å². The van der Waals surface area contributed by atoms with Crippen LogP contribution >= 0.6 is 15.9 Å². The van der Waals surface area contributed by atoms with Crippen LogP contribution in [0.1, 0.15) is 63.0 Å². The molecular formula is C28H30BrNO5. The summed E-state index contributed by atoms with van der Waals surface area (Å²) in [5, 5.41) is 13.8. The number of benzene rings is 2. The van der Waals surface area contributed by atoms with Crippen LogP contribution in [0, 0.1) is 0 Å². The highest BCUT2D eigenvalue weighted by Gasteiger charge is 2.41. The maximum atomic E-state index is 13.7. The van der Waals surface area contributed by atoms with Crippen LogP contribution in [0.25, 0.3) is 0 Å². The molecule has 1 heterocycles. The molecule has 0 bridgehead atoms. The molecule has 7 heteroatoms. The van der Waals surface area contributed by atoms with Crippen molar-refractivity contribution in [3.05, 3.63) is 80.6 Å². The Labute approximate surface area is 214 Å². The van der Waals surface area contributed by atoms with Crippen molar-refractivity contribution in [1.82, 2.24) is 5.32 Å². The predicted octanol–water partition coefficient (Wildman–Crippen LogP) is 5.87. The summed E-state index contributed by atoms with van der Waals surface area (Å²) in [6.45, 7) is 6.26. The van der Waals surface area contributed by atoms with Crippen molar-refractivity contribution in [3.63, 3.8) is 0 Å². The number of carbonyl (C=O) groups is 2. The highest BCUT2D eigenvalue weighted by Crippen LogP contribution is 2.48. The van der Waals surface area contributed by atoms with Crippen molar-refractivity contribution in [3.8, 4) is 11.5 Å². The third-order valence-electron chi connectivity index (χ3n) is 6.44. The van der Waals surface area contributed by atoms with Gasteiger partial charge in [0.2, 0.25) is 0 Å². The van der Waals surface area contributed by atoms with Gasteiger partial charge in [0, 0.05) is 29.3 Å². The first kappa shape index (κ1) is 25.0. The zero-order valence-electron chi connectivity index (χ0n) is 20.2. The summed E-state index contributed by atoms with van der Waals surface area (Å²) in [7, 11) is 0. The Bertz CT molecular complexity index is 1200. The maximum absolute atomic E-state index is 13.7. The molecule has 1 aliphatic carbocycles. The normalized spacial score (nSPS) is 19.8. The molecule has 2 aliphatic rings. The van der Waals surface area contributed by atoms with Gasteiger partial charge in [-0.2, -0.15) is 0 Å². The largest absolute Gasteiger partial charge is 0.503 e. The number of phenols is 1. The summed E-state index contributed by atoms with van der Waals surface area (Å²) in [6, 6.07) is 13.5. The molecule has 2 aromatic carbocycles. The standard InChI is InChI=1S/C28H30BrNO5/c1-4-11-35-28(33)24-16(3)30-21-13-18(17-9-7-6-8-10-17)14-22(31)26(21)25(24)19-12-20(29)27(32)23(15-19)34-5-2/h6-10,12,15,18,25,30,32H,4-5,11,13-14H2,1-3H3/t18-,25-/m1/s1. The van der Waals surface area contributed by atoms with Crippen LogP contribution in [0.15, 0.2) is 69.5 Å². The van der Waals surface area contributed by atoms with E-state index >= 15 is 0 Å². The fourth-order valence-electron chi connectivity index (χ4n) is 4.90. The van der Waals surface area contributed by atoms with E-state index in [4.69, 9.17) is 9.47 Å². The van der Waals surface area contributed by atoms with Gasteiger partial charge in [0.15, 0.2) is 17.3 Å². The topological polar surface area (TPSA) is 84.9 Å². The van der Waals surface area contributed by atoms with E-state index in [0.29, 0.717) is 65.1 Å². The number of dihydropyridines is 1. The lowest BCUT2D eigenvalue weighted by molar-refractivity contribution is -0.139. The SMILES string of the molecule is CCCOC(=O)C1=C(C)NC2=C(C(=O)C[C@H](c3ccccc3)C2)[C@@H]1c1cc(Br)c(O)c(OCC)c1. The molecule has 0 amide bonds. The highest BCUT2D eigenvalue weighted by molar-refractivity contribution is 9.10. The monoisotopic (exact) mass is 539 g/mol. The molecular weight excluding hydrogens is 510 g/mol.